The summed E-state index contributed by atoms with van der Waals surface area (Å²) in [5, 5.41) is 11.0. The molecule has 1 aliphatic rings. The maximum absolute atomic E-state index is 13.8. The first kappa shape index (κ1) is 23.1. The zero-order valence-electron chi connectivity index (χ0n) is 14.2. The van der Waals surface area contributed by atoms with Crippen molar-refractivity contribution in [3.63, 3.8) is 0 Å². The third-order valence-electron chi connectivity index (χ3n) is 4.51. The van der Waals surface area contributed by atoms with E-state index in [1.807, 2.05) is 0 Å². The minimum Gasteiger partial charge on any atom is -0.406 e. The fourth-order valence-corrected chi connectivity index (χ4v) is 3.77. The van der Waals surface area contributed by atoms with E-state index in [9.17, 15) is 39.5 Å². The van der Waals surface area contributed by atoms with Gasteiger partial charge in [0.2, 0.25) is 5.41 Å². The number of nitriles is 1. The molecule has 1 fully saturated rings. The van der Waals surface area contributed by atoms with E-state index in [4.69, 9.17) is 34.2 Å². The van der Waals surface area contributed by atoms with Crippen LogP contribution in [0, 0.1) is 11.3 Å². The Labute approximate surface area is 175 Å². The molecule has 1 aromatic heterocycles. The quantitative estimate of drug-likeness (QED) is 0.579. The lowest BCUT2D eigenvalue weighted by Crippen LogP contribution is -2.29. The van der Waals surface area contributed by atoms with Gasteiger partial charge in [-0.1, -0.05) is 23.2 Å². The van der Waals surface area contributed by atoms with E-state index >= 15 is 0 Å². The van der Waals surface area contributed by atoms with E-state index in [0.29, 0.717) is 12.1 Å². The molecule has 5 nitrogen and oxygen atoms in total. The first-order valence-corrected chi connectivity index (χ1v) is 8.38. The normalized spacial score (nSPS) is 18.7. The summed E-state index contributed by atoms with van der Waals surface area (Å²) in [5.41, 5.74) is -2.55. The van der Waals surface area contributed by atoms with Crippen molar-refractivity contribution in [2.24, 2.45) is 0 Å². The average molecular weight is 499 g/mol. The third kappa shape index (κ3) is 2.97. The summed E-state index contributed by atoms with van der Waals surface area (Å²) in [6, 6.07) is 2.18. The van der Waals surface area contributed by atoms with E-state index in [-0.39, 0.29) is 4.68 Å². The van der Waals surface area contributed by atoms with Crippen molar-refractivity contribution in [3.05, 3.63) is 33.4 Å². The minimum absolute atomic E-state index is 0.227. The van der Waals surface area contributed by atoms with Gasteiger partial charge in [0, 0.05) is 12.1 Å². The second-order valence-corrected chi connectivity index (χ2v) is 6.99. The van der Waals surface area contributed by atoms with Gasteiger partial charge in [-0.2, -0.15) is 27.9 Å². The van der Waals surface area contributed by atoms with Gasteiger partial charge in [-0.25, -0.2) is 13.5 Å². The smallest absolute Gasteiger partial charge is 0.406 e. The molecule has 3 rings (SSSR count). The van der Waals surface area contributed by atoms with Crippen LogP contribution in [0.4, 0.5) is 45.3 Å². The molecule has 168 valence electrons. The molecule has 0 atom stereocenters. The average Bonchev–Trinajstić information content (AvgIpc) is 2.80. The van der Waals surface area contributed by atoms with Crippen LogP contribution in [0.2, 0.25) is 10.0 Å². The number of ether oxygens (including phenoxy) is 1. The monoisotopic (exact) mass is 498 g/mol. The number of hydrogen-bond acceptors (Lipinski definition) is 4. The van der Waals surface area contributed by atoms with Gasteiger partial charge in [0.05, 0.1) is 15.6 Å². The van der Waals surface area contributed by atoms with Crippen LogP contribution in [-0.2, 0) is 5.41 Å². The Bertz CT molecular complexity index is 1070. The molecule has 0 radical (unpaired) electrons. The SMILES string of the molecule is N#Cc1nn(-c2c(Cl)cc(OC(F)(F)F)cc2Cl)c(N)c1C1(C(F)F)C(F)(F)C1(F)F. The minimum atomic E-state index is -5.28. The molecule has 16 heteroatoms. The Morgan fingerprint density at radius 1 is 1.10 bits per heavy atom. The van der Waals surface area contributed by atoms with E-state index < -0.39 is 68.6 Å². The van der Waals surface area contributed by atoms with Crippen molar-refractivity contribution in [1.29, 1.82) is 5.26 Å². The first-order chi connectivity index (χ1) is 14.0. The fourth-order valence-electron chi connectivity index (χ4n) is 3.14. The Balaban J connectivity index is 2.25. The van der Waals surface area contributed by atoms with Crippen LogP contribution in [-0.4, -0.2) is 34.4 Å². The van der Waals surface area contributed by atoms with Gasteiger partial charge < -0.3 is 10.5 Å². The second-order valence-electron chi connectivity index (χ2n) is 6.17. The van der Waals surface area contributed by atoms with Gasteiger partial charge in [0.25, 0.3) is 6.43 Å². The molecule has 31 heavy (non-hydrogen) atoms. The van der Waals surface area contributed by atoms with Gasteiger partial charge in [-0.15, -0.1) is 13.2 Å². The zero-order chi connectivity index (χ0) is 23.7. The summed E-state index contributed by atoms with van der Waals surface area (Å²) in [6.45, 7) is 0. The van der Waals surface area contributed by atoms with Crippen LogP contribution in [0.15, 0.2) is 12.1 Å². The molecule has 0 amide bonds. The summed E-state index contributed by atoms with van der Waals surface area (Å²) in [6.07, 6.45) is -9.52. The van der Waals surface area contributed by atoms with Crippen molar-refractivity contribution in [2.45, 2.75) is 30.0 Å². The van der Waals surface area contributed by atoms with E-state index in [1.165, 1.54) is 0 Å². The maximum atomic E-state index is 13.8. The van der Waals surface area contributed by atoms with Gasteiger partial charge in [0.1, 0.15) is 23.3 Å². The molecule has 1 saturated carbocycles. The van der Waals surface area contributed by atoms with Crippen molar-refractivity contribution >= 4 is 29.0 Å². The lowest BCUT2D eigenvalue weighted by molar-refractivity contribution is -0.274. The van der Waals surface area contributed by atoms with Crippen molar-refractivity contribution in [1.82, 2.24) is 9.78 Å². The Kier molecular flexibility index (Phi) is 5.03. The lowest BCUT2D eigenvalue weighted by Gasteiger charge is -2.16. The molecule has 1 heterocycles. The number of halogens is 11. The maximum Gasteiger partial charge on any atom is 0.573 e. The Hall–Kier alpha value is -2.53. The number of aromatic nitrogens is 2. The van der Waals surface area contributed by atoms with Gasteiger partial charge >= 0.3 is 18.2 Å². The molecular formula is C15H5Cl2F9N4O. The number of rotatable bonds is 4. The van der Waals surface area contributed by atoms with Crippen LogP contribution in [0.25, 0.3) is 5.69 Å². The molecule has 1 aromatic carbocycles. The predicted molar refractivity (Wildman–Crippen MR) is 87.0 cm³/mol. The molecule has 0 saturated heterocycles. The number of benzene rings is 1. The highest BCUT2D eigenvalue weighted by molar-refractivity contribution is 6.38. The van der Waals surface area contributed by atoms with Crippen molar-refractivity contribution < 1.29 is 44.3 Å². The van der Waals surface area contributed by atoms with Crippen LogP contribution < -0.4 is 10.5 Å². The zero-order valence-corrected chi connectivity index (χ0v) is 15.7. The fraction of sp³-hybridized carbons (Fsp3) is 0.333. The number of alkyl halides is 9. The topological polar surface area (TPSA) is 76.9 Å². The van der Waals surface area contributed by atoms with Gasteiger partial charge in [-0.05, 0) is 0 Å². The molecule has 1 aliphatic carbocycles. The van der Waals surface area contributed by atoms with Gasteiger partial charge in [-0.3, -0.25) is 0 Å². The molecule has 0 aliphatic heterocycles. The Morgan fingerprint density at radius 3 is 1.94 bits per heavy atom. The summed E-state index contributed by atoms with van der Waals surface area (Å²) >= 11 is 11.6. The largest absolute Gasteiger partial charge is 0.573 e. The molecule has 0 bridgehead atoms. The summed E-state index contributed by atoms with van der Waals surface area (Å²) in [7, 11) is 0. The first-order valence-electron chi connectivity index (χ1n) is 7.62. The molecule has 0 unspecified atom stereocenters. The number of hydrogen-bond donors (Lipinski definition) is 1. The van der Waals surface area contributed by atoms with E-state index in [1.54, 1.807) is 0 Å². The summed E-state index contributed by atoms with van der Waals surface area (Å²) < 4.78 is 123. The summed E-state index contributed by atoms with van der Waals surface area (Å²) in [4.78, 5) is 0. The highest BCUT2D eigenvalue weighted by atomic mass is 35.5. The third-order valence-corrected chi connectivity index (χ3v) is 5.08. The predicted octanol–water partition coefficient (Wildman–Crippen LogP) is 5.32. The molecule has 2 N–H and O–H groups in total. The molecule has 2 aromatic rings. The number of nitrogens with zero attached hydrogens (tertiary/aromatic N) is 3. The molecule has 0 spiro atoms. The number of nitrogens with two attached hydrogens (primary N) is 1. The van der Waals surface area contributed by atoms with E-state index in [0.717, 1.165) is 6.07 Å². The van der Waals surface area contributed by atoms with Crippen molar-refractivity contribution in [3.8, 4) is 17.5 Å². The van der Waals surface area contributed by atoms with Crippen LogP contribution in [0.3, 0.4) is 0 Å². The van der Waals surface area contributed by atoms with Crippen LogP contribution in [0.1, 0.15) is 11.3 Å². The second kappa shape index (κ2) is 6.73. The highest BCUT2D eigenvalue weighted by Gasteiger charge is 3.01. The summed E-state index contributed by atoms with van der Waals surface area (Å²) in [5.74, 6) is -12.7. The standard InChI is InChI=1S/C15H5Cl2F9N4O/c16-5-1-4(31-15(24,25)26)2-6(17)9(5)30-10(28)8(7(3-27)29-30)12(11(18)19)13(20,21)14(12,22)23/h1-2,11H,28H2. The highest BCUT2D eigenvalue weighted by Crippen LogP contribution is 2.76. The Morgan fingerprint density at radius 2 is 1.58 bits per heavy atom. The van der Waals surface area contributed by atoms with Crippen LogP contribution >= 0.6 is 23.2 Å². The lowest BCUT2D eigenvalue weighted by atomic mass is 9.94. The number of nitrogen functional groups attached to an aromatic ring is 1. The van der Waals surface area contributed by atoms with Crippen molar-refractivity contribution in [2.75, 3.05) is 5.73 Å². The van der Waals surface area contributed by atoms with Crippen LogP contribution in [0.5, 0.6) is 5.75 Å². The number of anilines is 1. The van der Waals surface area contributed by atoms with E-state index in [2.05, 4.69) is 9.84 Å². The molecular weight excluding hydrogens is 494 g/mol. The van der Waals surface area contributed by atoms with Gasteiger partial charge in [0.15, 0.2) is 5.69 Å².